The monoisotopic (exact) mass is 544 g/mol. The maximum atomic E-state index is 13.2. The average Bonchev–Trinajstić information content (AvgIpc) is 2.82. The molecule has 0 saturated carbocycles. The van der Waals surface area contributed by atoms with Crippen LogP contribution in [0.3, 0.4) is 0 Å². The van der Waals surface area contributed by atoms with Crippen LogP contribution in [-0.2, 0) is 43.1 Å². The van der Waals surface area contributed by atoms with Gasteiger partial charge < -0.3 is 24.4 Å². The van der Waals surface area contributed by atoms with E-state index >= 15 is 0 Å². The van der Waals surface area contributed by atoms with E-state index in [1.165, 1.54) is 14.0 Å². The number of carbonyl (C=O) groups is 4. The molecule has 0 radical (unpaired) electrons. The lowest BCUT2D eigenvalue weighted by molar-refractivity contribution is -0.143. The lowest BCUT2D eigenvalue weighted by atomic mass is 9.96. The van der Waals surface area contributed by atoms with Gasteiger partial charge in [0.15, 0.2) is 0 Å². The van der Waals surface area contributed by atoms with E-state index in [0.717, 1.165) is 29.7 Å². The van der Waals surface area contributed by atoms with Crippen molar-refractivity contribution in [3.8, 4) is 5.75 Å². The minimum atomic E-state index is -0.922. The first-order valence-corrected chi connectivity index (χ1v) is 12.7. The highest BCUT2D eigenvalue weighted by molar-refractivity contribution is 6.32. The molecule has 1 atom stereocenters. The second-order valence-electron chi connectivity index (χ2n) is 10.1. The Labute approximate surface area is 227 Å². The summed E-state index contributed by atoms with van der Waals surface area (Å²) in [6.45, 7) is 7.09. The number of alkyl carbamates (subject to hydrolysis) is 1. The van der Waals surface area contributed by atoms with Gasteiger partial charge in [-0.25, -0.2) is 9.59 Å². The summed E-state index contributed by atoms with van der Waals surface area (Å²) in [6, 6.07) is 9.63. The van der Waals surface area contributed by atoms with E-state index in [-0.39, 0.29) is 29.5 Å². The number of hydrogen-bond acceptors (Lipinski definition) is 7. The van der Waals surface area contributed by atoms with Crippen LogP contribution in [0.5, 0.6) is 5.75 Å². The van der Waals surface area contributed by atoms with Crippen molar-refractivity contribution >= 4 is 41.2 Å². The Hall–Kier alpha value is -3.59. The van der Waals surface area contributed by atoms with Crippen LogP contribution in [0.1, 0.15) is 50.8 Å². The Morgan fingerprint density at radius 3 is 2.42 bits per heavy atom. The minimum absolute atomic E-state index is 0.0889. The highest BCUT2D eigenvalue weighted by Gasteiger charge is 2.27. The number of hydrogen-bond donors (Lipinski definition) is 1. The first-order chi connectivity index (χ1) is 17.9. The van der Waals surface area contributed by atoms with Crippen molar-refractivity contribution in [1.82, 2.24) is 5.32 Å². The largest absolute Gasteiger partial charge is 0.467 e. The van der Waals surface area contributed by atoms with E-state index in [4.69, 9.17) is 25.8 Å². The molecule has 9 nitrogen and oxygen atoms in total. The van der Waals surface area contributed by atoms with Crippen LogP contribution in [0.15, 0.2) is 36.4 Å². The topological polar surface area (TPSA) is 111 Å². The molecule has 0 fully saturated rings. The van der Waals surface area contributed by atoms with Gasteiger partial charge in [-0.05, 0) is 68.5 Å². The zero-order chi connectivity index (χ0) is 28.0. The molecule has 0 aromatic heterocycles. The van der Waals surface area contributed by atoms with E-state index < -0.39 is 29.7 Å². The zero-order valence-corrected chi connectivity index (χ0v) is 23.0. The van der Waals surface area contributed by atoms with Gasteiger partial charge in [-0.3, -0.25) is 9.59 Å². The van der Waals surface area contributed by atoms with Crippen molar-refractivity contribution in [2.45, 2.75) is 65.0 Å². The maximum Gasteiger partial charge on any atom is 0.408 e. The number of esters is 2. The fourth-order valence-electron chi connectivity index (χ4n) is 4.22. The summed E-state index contributed by atoms with van der Waals surface area (Å²) in [6.07, 6.45) is 1.19. The Morgan fingerprint density at radius 2 is 1.79 bits per heavy atom. The number of methoxy groups -OCH3 is 1. The molecule has 0 aliphatic carbocycles. The molecule has 3 rings (SSSR count). The van der Waals surface area contributed by atoms with Crippen molar-refractivity contribution in [1.29, 1.82) is 0 Å². The van der Waals surface area contributed by atoms with E-state index in [1.54, 1.807) is 43.9 Å². The molecule has 1 heterocycles. The molecule has 2 aromatic rings. The molecule has 1 aliphatic heterocycles. The average molecular weight is 545 g/mol. The molecule has 2 aromatic carbocycles. The normalized spacial score (nSPS) is 13.7. The van der Waals surface area contributed by atoms with Crippen molar-refractivity contribution in [3.63, 3.8) is 0 Å². The molecule has 1 aliphatic rings. The smallest absolute Gasteiger partial charge is 0.408 e. The van der Waals surface area contributed by atoms with Gasteiger partial charge in [0, 0.05) is 25.6 Å². The molecule has 1 unspecified atom stereocenters. The first-order valence-electron chi connectivity index (χ1n) is 12.3. The molecule has 0 saturated heterocycles. The molecule has 204 valence electrons. The fourth-order valence-corrected chi connectivity index (χ4v) is 4.46. The number of nitrogens with zero attached hydrogens (tertiary/aromatic N) is 1. The number of ether oxygens (including phenoxy) is 3. The van der Waals surface area contributed by atoms with E-state index in [2.05, 4.69) is 5.32 Å². The number of anilines is 1. The minimum Gasteiger partial charge on any atom is -0.467 e. The third-order valence-corrected chi connectivity index (χ3v) is 6.08. The highest BCUT2D eigenvalue weighted by Crippen LogP contribution is 2.30. The standard InChI is InChI=1S/C28H33ClN2O7/c1-17(32)37-24-11-9-19(14-21(24)29)16-25(33)31-12-6-7-20-13-18(8-10-23(20)31)15-22(26(34)36-5)30-27(35)38-28(2,3)4/h8-11,13-14,22H,6-7,12,15-16H2,1-5H3,(H,30,35). The van der Waals surface area contributed by atoms with Gasteiger partial charge in [-0.2, -0.15) is 0 Å². The molecule has 10 heteroatoms. The van der Waals surface area contributed by atoms with Gasteiger partial charge in [0.1, 0.15) is 17.4 Å². The summed E-state index contributed by atoms with van der Waals surface area (Å²) in [7, 11) is 1.26. The van der Waals surface area contributed by atoms with Crippen LogP contribution in [0.25, 0.3) is 0 Å². The van der Waals surface area contributed by atoms with Crippen LogP contribution < -0.4 is 15.0 Å². The first kappa shape index (κ1) is 29.0. The fraction of sp³-hybridized carbons (Fsp3) is 0.429. The van der Waals surface area contributed by atoms with Crippen molar-refractivity contribution < 1.29 is 33.4 Å². The van der Waals surface area contributed by atoms with Crippen LogP contribution >= 0.6 is 11.6 Å². The summed E-state index contributed by atoms with van der Waals surface area (Å²) in [5.41, 5.74) is 2.60. The lowest BCUT2D eigenvalue weighted by Crippen LogP contribution is -2.45. The van der Waals surface area contributed by atoms with E-state index in [1.807, 2.05) is 18.2 Å². The van der Waals surface area contributed by atoms with Gasteiger partial charge in [0.05, 0.1) is 18.6 Å². The van der Waals surface area contributed by atoms with Gasteiger partial charge >= 0.3 is 18.0 Å². The Morgan fingerprint density at radius 1 is 1.08 bits per heavy atom. The van der Waals surface area contributed by atoms with Crippen LogP contribution in [0.4, 0.5) is 10.5 Å². The zero-order valence-electron chi connectivity index (χ0n) is 22.3. The molecule has 38 heavy (non-hydrogen) atoms. The Bertz CT molecular complexity index is 1220. The second-order valence-corrected chi connectivity index (χ2v) is 10.5. The molecule has 0 spiro atoms. The summed E-state index contributed by atoms with van der Waals surface area (Å²) in [5.74, 6) is -0.894. The van der Waals surface area contributed by atoms with Gasteiger partial charge in [0.2, 0.25) is 5.91 Å². The number of carbonyl (C=O) groups excluding carboxylic acids is 4. The molecule has 0 bridgehead atoms. The number of nitrogens with one attached hydrogen (secondary N) is 1. The van der Waals surface area contributed by atoms with Crippen molar-refractivity contribution in [2.24, 2.45) is 0 Å². The summed E-state index contributed by atoms with van der Waals surface area (Å²) >= 11 is 6.21. The number of halogens is 1. The van der Waals surface area contributed by atoms with Gasteiger partial charge in [0.25, 0.3) is 0 Å². The van der Waals surface area contributed by atoms with Gasteiger partial charge in [-0.15, -0.1) is 0 Å². The van der Waals surface area contributed by atoms with E-state index in [9.17, 15) is 19.2 Å². The van der Waals surface area contributed by atoms with Crippen LogP contribution in [0, 0.1) is 0 Å². The summed E-state index contributed by atoms with van der Waals surface area (Å²) in [4.78, 5) is 50.7. The Balaban J connectivity index is 1.73. The third-order valence-electron chi connectivity index (χ3n) is 5.79. The summed E-state index contributed by atoms with van der Waals surface area (Å²) < 4.78 is 15.2. The molecular weight excluding hydrogens is 512 g/mol. The van der Waals surface area contributed by atoms with E-state index in [0.29, 0.717) is 12.1 Å². The van der Waals surface area contributed by atoms with Crippen LogP contribution in [0.2, 0.25) is 5.02 Å². The number of rotatable bonds is 7. The molecule has 1 N–H and O–H groups in total. The maximum absolute atomic E-state index is 13.2. The quantitative estimate of drug-likeness (QED) is 0.406. The number of aryl methyl sites for hydroxylation is 1. The predicted molar refractivity (Wildman–Crippen MR) is 142 cm³/mol. The highest BCUT2D eigenvalue weighted by atomic mass is 35.5. The number of amides is 2. The van der Waals surface area contributed by atoms with Gasteiger partial charge in [-0.1, -0.05) is 29.8 Å². The predicted octanol–water partition coefficient (Wildman–Crippen LogP) is 4.40. The molecular formula is C28H33ClN2O7. The third kappa shape index (κ3) is 7.95. The molecule has 2 amide bonds. The van der Waals surface area contributed by atoms with Crippen molar-refractivity contribution in [3.05, 3.63) is 58.1 Å². The number of benzene rings is 2. The summed E-state index contributed by atoms with van der Waals surface area (Å²) in [5, 5.41) is 2.85. The SMILES string of the molecule is COC(=O)C(Cc1ccc2c(c1)CCCN2C(=O)Cc1ccc(OC(C)=O)c(Cl)c1)NC(=O)OC(C)(C)C. The van der Waals surface area contributed by atoms with Crippen LogP contribution in [-0.4, -0.2) is 49.2 Å². The second kappa shape index (κ2) is 12.3. The van der Waals surface area contributed by atoms with Crippen molar-refractivity contribution in [2.75, 3.05) is 18.6 Å². The number of fused-ring (bicyclic) bond motifs is 1. The lowest BCUT2D eigenvalue weighted by Gasteiger charge is -2.30. The Kier molecular flexibility index (Phi) is 9.38.